The van der Waals surface area contributed by atoms with Crippen LogP contribution in [0.3, 0.4) is 0 Å². The fourth-order valence-electron chi connectivity index (χ4n) is 2.76. The second-order valence-electron chi connectivity index (χ2n) is 6.56. The summed E-state index contributed by atoms with van der Waals surface area (Å²) in [5.41, 5.74) is 4.91. The molecule has 0 radical (unpaired) electrons. The molecule has 2 aromatic rings. The van der Waals surface area contributed by atoms with Gasteiger partial charge in [-0.2, -0.15) is 5.10 Å². The van der Waals surface area contributed by atoms with Gasteiger partial charge in [-0.15, -0.1) is 0 Å². The van der Waals surface area contributed by atoms with Crippen molar-refractivity contribution in [1.29, 1.82) is 0 Å². The Labute approximate surface area is 176 Å². The standard InChI is InChI=1S/C22H27ClN4O2/c1-3-13-27(14-4-2)20-11-5-17(6-12-20)15-25-26-21(28)16-24-22(29)18-7-9-19(23)10-8-18/h5-12,15H,3-4,13-14,16H2,1-2H3,(H,24,29)(H,26,28). The van der Waals surface area contributed by atoms with Crippen molar-refractivity contribution in [3.63, 3.8) is 0 Å². The summed E-state index contributed by atoms with van der Waals surface area (Å²) in [4.78, 5) is 26.2. The Bertz CT molecular complexity index is 814. The lowest BCUT2D eigenvalue weighted by Gasteiger charge is -2.23. The maximum absolute atomic E-state index is 12.0. The highest BCUT2D eigenvalue weighted by molar-refractivity contribution is 6.30. The molecule has 0 unspecified atom stereocenters. The lowest BCUT2D eigenvalue weighted by Crippen LogP contribution is -2.34. The van der Waals surface area contributed by atoms with Crippen LogP contribution in [-0.2, 0) is 4.79 Å². The summed E-state index contributed by atoms with van der Waals surface area (Å²) in [5, 5.41) is 7.03. The van der Waals surface area contributed by atoms with Crippen LogP contribution in [0.4, 0.5) is 5.69 Å². The molecule has 29 heavy (non-hydrogen) atoms. The SMILES string of the molecule is CCCN(CCC)c1ccc(C=NNC(=O)CNC(=O)c2ccc(Cl)cc2)cc1. The van der Waals surface area contributed by atoms with Crippen molar-refractivity contribution in [2.45, 2.75) is 26.7 Å². The maximum Gasteiger partial charge on any atom is 0.259 e. The summed E-state index contributed by atoms with van der Waals surface area (Å²) < 4.78 is 0. The Hall–Kier alpha value is -2.86. The number of nitrogens with one attached hydrogen (secondary N) is 2. The number of hydrogen-bond acceptors (Lipinski definition) is 4. The minimum Gasteiger partial charge on any atom is -0.372 e. The molecule has 0 saturated heterocycles. The van der Waals surface area contributed by atoms with Gasteiger partial charge in [0.2, 0.25) is 0 Å². The highest BCUT2D eigenvalue weighted by atomic mass is 35.5. The topological polar surface area (TPSA) is 73.8 Å². The van der Waals surface area contributed by atoms with Crippen LogP contribution in [0.2, 0.25) is 5.02 Å². The minimum absolute atomic E-state index is 0.166. The summed E-state index contributed by atoms with van der Waals surface area (Å²) in [6.07, 6.45) is 3.78. The van der Waals surface area contributed by atoms with E-state index in [1.54, 1.807) is 30.5 Å². The van der Waals surface area contributed by atoms with Crippen molar-refractivity contribution in [1.82, 2.24) is 10.7 Å². The molecule has 0 aliphatic rings. The Kier molecular flexibility index (Phi) is 9.18. The van der Waals surface area contributed by atoms with E-state index in [1.165, 1.54) is 5.69 Å². The predicted molar refractivity (Wildman–Crippen MR) is 119 cm³/mol. The summed E-state index contributed by atoms with van der Waals surface area (Å²) in [5.74, 6) is -0.752. The van der Waals surface area contributed by atoms with E-state index in [-0.39, 0.29) is 12.5 Å². The molecule has 7 heteroatoms. The van der Waals surface area contributed by atoms with E-state index in [2.05, 4.69) is 46.7 Å². The minimum atomic E-state index is -0.405. The molecular formula is C22H27ClN4O2. The van der Waals surface area contributed by atoms with Crippen LogP contribution in [0.25, 0.3) is 0 Å². The molecule has 0 fully saturated rings. The van der Waals surface area contributed by atoms with Gasteiger partial charge in [-0.25, -0.2) is 5.43 Å². The Morgan fingerprint density at radius 3 is 2.21 bits per heavy atom. The molecule has 0 aromatic heterocycles. The number of anilines is 1. The fourth-order valence-corrected chi connectivity index (χ4v) is 2.89. The van der Waals surface area contributed by atoms with Crippen molar-refractivity contribution in [2.24, 2.45) is 5.10 Å². The van der Waals surface area contributed by atoms with E-state index < -0.39 is 5.91 Å². The monoisotopic (exact) mass is 414 g/mol. The third kappa shape index (κ3) is 7.58. The summed E-state index contributed by atoms with van der Waals surface area (Å²) in [6.45, 7) is 6.23. The number of rotatable bonds is 10. The quantitative estimate of drug-likeness (QED) is 0.458. The van der Waals surface area contributed by atoms with Gasteiger partial charge in [-0.05, 0) is 54.8 Å². The smallest absolute Gasteiger partial charge is 0.259 e. The normalized spacial score (nSPS) is 10.7. The van der Waals surface area contributed by atoms with E-state index in [1.807, 2.05) is 12.1 Å². The largest absolute Gasteiger partial charge is 0.372 e. The van der Waals surface area contributed by atoms with Crippen molar-refractivity contribution < 1.29 is 9.59 Å². The van der Waals surface area contributed by atoms with Crippen LogP contribution < -0.4 is 15.6 Å². The second kappa shape index (κ2) is 11.9. The van der Waals surface area contributed by atoms with E-state index in [4.69, 9.17) is 11.6 Å². The van der Waals surface area contributed by atoms with Gasteiger partial charge in [-0.3, -0.25) is 9.59 Å². The molecule has 6 nitrogen and oxygen atoms in total. The highest BCUT2D eigenvalue weighted by Gasteiger charge is 2.07. The number of carbonyl (C=O) groups excluding carboxylic acids is 2. The molecule has 0 aliphatic heterocycles. The number of benzene rings is 2. The van der Waals surface area contributed by atoms with Crippen LogP contribution in [0.5, 0.6) is 0 Å². The molecular weight excluding hydrogens is 388 g/mol. The van der Waals surface area contributed by atoms with Gasteiger partial charge < -0.3 is 10.2 Å². The molecule has 0 bridgehead atoms. The zero-order chi connectivity index (χ0) is 21.1. The van der Waals surface area contributed by atoms with Gasteiger partial charge in [0.05, 0.1) is 12.8 Å². The average molecular weight is 415 g/mol. The Morgan fingerprint density at radius 2 is 1.62 bits per heavy atom. The average Bonchev–Trinajstić information content (AvgIpc) is 2.73. The molecule has 0 saturated carbocycles. The van der Waals surface area contributed by atoms with E-state index in [0.29, 0.717) is 10.6 Å². The van der Waals surface area contributed by atoms with Gasteiger partial charge in [-0.1, -0.05) is 37.6 Å². The first-order chi connectivity index (χ1) is 14.0. The molecule has 0 atom stereocenters. The fraction of sp³-hybridized carbons (Fsp3) is 0.318. The lowest BCUT2D eigenvalue weighted by atomic mass is 10.2. The van der Waals surface area contributed by atoms with Gasteiger partial charge in [0.25, 0.3) is 11.8 Å². The number of hydrazone groups is 1. The molecule has 0 spiro atoms. The van der Waals surface area contributed by atoms with Gasteiger partial charge in [0, 0.05) is 29.4 Å². The number of carbonyl (C=O) groups is 2. The zero-order valence-corrected chi connectivity index (χ0v) is 17.6. The number of hydrogen-bond donors (Lipinski definition) is 2. The molecule has 0 heterocycles. The Balaban J connectivity index is 1.80. The first-order valence-corrected chi connectivity index (χ1v) is 10.1. The van der Waals surface area contributed by atoms with Crippen LogP contribution in [0.1, 0.15) is 42.6 Å². The van der Waals surface area contributed by atoms with Crippen molar-refractivity contribution in [2.75, 3.05) is 24.5 Å². The van der Waals surface area contributed by atoms with Crippen molar-refractivity contribution >= 4 is 35.3 Å². The van der Waals surface area contributed by atoms with Gasteiger partial charge in [0.1, 0.15) is 0 Å². The second-order valence-corrected chi connectivity index (χ2v) is 7.00. The summed E-state index contributed by atoms with van der Waals surface area (Å²) >= 11 is 5.79. The lowest BCUT2D eigenvalue weighted by molar-refractivity contribution is -0.120. The van der Waals surface area contributed by atoms with Gasteiger partial charge >= 0.3 is 0 Å². The molecule has 154 valence electrons. The van der Waals surface area contributed by atoms with Gasteiger partial charge in [0.15, 0.2) is 0 Å². The third-order valence-electron chi connectivity index (χ3n) is 4.16. The van der Waals surface area contributed by atoms with E-state index in [9.17, 15) is 9.59 Å². The van der Waals surface area contributed by atoms with Crippen LogP contribution >= 0.6 is 11.6 Å². The highest BCUT2D eigenvalue weighted by Crippen LogP contribution is 2.15. The first kappa shape index (κ1) is 22.4. The van der Waals surface area contributed by atoms with Crippen LogP contribution in [0.15, 0.2) is 53.6 Å². The molecule has 2 N–H and O–H groups in total. The number of nitrogens with zero attached hydrogens (tertiary/aromatic N) is 2. The summed E-state index contributed by atoms with van der Waals surface area (Å²) in [7, 11) is 0. The maximum atomic E-state index is 12.0. The zero-order valence-electron chi connectivity index (χ0n) is 16.8. The first-order valence-electron chi connectivity index (χ1n) is 9.74. The predicted octanol–water partition coefficient (Wildman–Crippen LogP) is 3.85. The number of amides is 2. The van der Waals surface area contributed by atoms with Crippen molar-refractivity contribution in [3.8, 4) is 0 Å². The third-order valence-corrected chi connectivity index (χ3v) is 4.42. The number of halogens is 1. The molecule has 0 aliphatic carbocycles. The summed E-state index contributed by atoms with van der Waals surface area (Å²) in [6, 6.07) is 14.5. The van der Waals surface area contributed by atoms with E-state index in [0.717, 1.165) is 31.5 Å². The van der Waals surface area contributed by atoms with Crippen LogP contribution in [0, 0.1) is 0 Å². The molecule has 2 aromatic carbocycles. The van der Waals surface area contributed by atoms with E-state index >= 15 is 0 Å². The van der Waals surface area contributed by atoms with Crippen molar-refractivity contribution in [3.05, 3.63) is 64.7 Å². The molecule has 2 amide bonds. The Morgan fingerprint density at radius 1 is 1.00 bits per heavy atom. The van der Waals surface area contributed by atoms with Crippen LogP contribution in [-0.4, -0.2) is 37.7 Å². The molecule has 2 rings (SSSR count).